The molecule has 0 atom stereocenters. The molecular formula is C20H18O. The number of allylic oxidation sites excluding steroid dienone is 4. The molecule has 5 rings (SSSR count). The largest absolute Gasteiger partial charge is 0.497 e. The zero-order valence-electron chi connectivity index (χ0n) is 12.2. The van der Waals surface area contributed by atoms with E-state index < -0.39 is 0 Å². The van der Waals surface area contributed by atoms with Crippen LogP contribution in [0.1, 0.15) is 24.0 Å². The van der Waals surface area contributed by atoms with Gasteiger partial charge in [0, 0.05) is 0 Å². The van der Waals surface area contributed by atoms with Gasteiger partial charge in [-0.25, -0.2) is 0 Å². The molecule has 3 aliphatic rings. The maximum atomic E-state index is 5.29. The Kier molecular flexibility index (Phi) is 2.75. The molecule has 0 saturated heterocycles. The van der Waals surface area contributed by atoms with E-state index in [1.807, 2.05) is 0 Å². The van der Waals surface area contributed by atoms with Gasteiger partial charge < -0.3 is 4.74 Å². The maximum Gasteiger partial charge on any atom is 0.118 e. The molecule has 0 heterocycles. The number of hydrogen-bond acceptors (Lipinski definition) is 1. The highest BCUT2D eigenvalue weighted by atomic mass is 16.5. The van der Waals surface area contributed by atoms with Crippen molar-refractivity contribution in [3.8, 4) is 5.75 Å². The molecule has 1 heteroatoms. The molecule has 0 N–H and O–H groups in total. The van der Waals surface area contributed by atoms with Crippen LogP contribution in [-0.2, 0) is 5.41 Å². The van der Waals surface area contributed by atoms with E-state index in [1.54, 1.807) is 18.3 Å². The summed E-state index contributed by atoms with van der Waals surface area (Å²) in [4.78, 5) is 0. The second-order valence-corrected chi connectivity index (χ2v) is 5.92. The Bertz CT molecular complexity index is 692. The molecule has 0 unspecified atom stereocenters. The third-order valence-corrected chi connectivity index (χ3v) is 4.59. The van der Waals surface area contributed by atoms with Crippen molar-refractivity contribution in [3.05, 3.63) is 89.0 Å². The second kappa shape index (κ2) is 4.63. The van der Waals surface area contributed by atoms with Crippen molar-refractivity contribution in [3.63, 3.8) is 0 Å². The summed E-state index contributed by atoms with van der Waals surface area (Å²) in [7, 11) is 1.71. The van der Waals surface area contributed by atoms with Gasteiger partial charge in [-0.15, -0.1) is 0 Å². The molecule has 1 saturated carbocycles. The molecule has 0 amide bonds. The molecule has 2 bridgehead atoms. The van der Waals surface area contributed by atoms with Gasteiger partial charge in [0.2, 0.25) is 0 Å². The Hall–Kier alpha value is -2.28. The first-order valence-corrected chi connectivity index (χ1v) is 7.41. The summed E-state index contributed by atoms with van der Waals surface area (Å²) in [6.07, 6.45) is 7.25. The molecule has 104 valence electrons. The fourth-order valence-corrected chi connectivity index (χ4v) is 3.50. The van der Waals surface area contributed by atoms with Crippen LogP contribution in [0, 0.1) is 0 Å². The van der Waals surface area contributed by atoms with Gasteiger partial charge >= 0.3 is 0 Å². The minimum absolute atomic E-state index is 0.102. The topological polar surface area (TPSA) is 9.23 Å². The summed E-state index contributed by atoms with van der Waals surface area (Å²) in [5.41, 5.74) is 5.67. The summed E-state index contributed by atoms with van der Waals surface area (Å²) in [5, 5.41) is 0. The van der Waals surface area contributed by atoms with Gasteiger partial charge in [0.25, 0.3) is 0 Å². The van der Waals surface area contributed by atoms with Gasteiger partial charge in [-0.1, -0.05) is 65.8 Å². The summed E-state index contributed by atoms with van der Waals surface area (Å²) in [6.45, 7) is 0. The van der Waals surface area contributed by atoms with Crippen molar-refractivity contribution >= 4 is 0 Å². The number of hydrogen-bond donors (Lipinski definition) is 0. The Morgan fingerprint density at radius 3 is 1.90 bits per heavy atom. The monoisotopic (exact) mass is 274 g/mol. The minimum atomic E-state index is -0.102. The van der Waals surface area contributed by atoms with Gasteiger partial charge in [0.15, 0.2) is 0 Å². The van der Waals surface area contributed by atoms with Crippen LogP contribution in [0.25, 0.3) is 0 Å². The first kappa shape index (κ1) is 12.5. The number of rotatable bonds is 3. The van der Waals surface area contributed by atoms with Gasteiger partial charge in [-0.3, -0.25) is 0 Å². The smallest absolute Gasteiger partial charge is 0.118 e. The molecule has 1 nitrogen and oxygen atoms in total. The quantitative estimate of drug-likeness (QED) is 0.741. The van der Waals surface area contributed by atoms with Crippen molar-refractivity contribution in [2.24, 2.45) is 0 Å². The standard InChI is InChI=1S/C20H18O/c1-21-19-9-7-18(8-10-19)20(17-5-3-2-4-6-17)13-15-11-16(12-15)14-20/h2-10,13-14H,11-12H2,1H3. The Morgan fingerprint density at radius 1 is 0.762 bits per heavy atom. The van der Waals surface area contributed by atoms with Crippen LogP contribution in [-0.4, -0.2) is 7.11 Å². The van der Waals surface area contributed by atoms with Crippen molar-refractivity contribution in [1.29, 1.82) is 0 Å². The van der Waals surface area contributed by atoms with Crippen molar-refractivity contribution < 1.29 is 4.74 Å². The van der Waals surface area contributed by atoms with Gasteiger partial charge in [0.1, 0.15) is 5.75 Å². The normalized spacial score (nSPS) is 18.3. The molecule has 2 aromatic rings. The van der Waals surface area contributed by atoms with E-state index in [4.69, 9.17) is 4.74 Å². The van der Waals surface area contributed by atoms with E-state index in [2.05, 4.69) is 66.7 Å². The van der Waals surface area contributed by atoms with Crippen LogP contribution in [0.2, 0.25) is 0 Å². The molecular weight excluding hydrogens is 256 g/mol. The zero-order valence-corrected chi connectivity index (χ0v) is 12.2. The Labute approximate surface area is 125 Å². The van der Waals surface area contributed by atoms with Crippen LogP contribution in [0.3, 0.4) is 0 Å². The molecule has 0 aliphatic heterocycles. The van der Waals surface area contributed by atoms with Crippen LogP contribution >= 0.6 is 0 Å². The highest BCUT2D eigenvalue weighted by molar-refractivity contribution is 5.58. The third-order valence-electron chi connectivity index (χ3n) is 4.59. The van der Waals surface area contributed by atoms with Crippen LogP contribution < -0.4 is 4.74 Å². The lowest BCUT2D eigenvalue weighted by atomic mass is 9.64. The summed E-state index contributed by atoms with van der Waals surface area (Å²) in [5.74, 6) is 0.906. The highest BCUT2D eigenvalue weighted by Gasteiger charge is 2.37. The first-order valence-electron chi connectivity index (χ1n) is 7.41. The Balaban J connectivity index is 1.88. The maximum absolute atomic E-state index is 5.29. The van der Waals surface area contributed by atoms with Gasteiger partial charge in [0.05, 0.1) is 12.5 Å². The van der Waals surface area contributed by atoms with Crippen LogP contribution in [0.4, 0.5) is 0 Å². The number of benzene rings is 2. The molecule has 0 radical (unpaired) electrons. The summed E-state index contributed by atoms with van der Waals surface area (Å²) >= 11 is 0. The molecule has 3 aliphatic carbocycles. The Morgan fingerprint density at radius 2 is 1.33 bits per heavy atom. The minimum Gasteiger partial charge on any atom is -0.497 e. The molecule has 0 spiro atoms. The predicted molar refractivity (Wildman–Crippen MR) is 85.6 cm³/mol. The van der Waals surface area contributed by atoms with Crippen LogP contribution in [0.15, 0.2) is 77.9 Å². The summed E-state index contributed by atoms with van der Waals surface area (Å²) < 4.78 is 5.29. The van der Waals surface area contributed by atoms with Crippen molar-refractivity contribution in [2.45, 2.75) is 18.3 Å². The lowest BCUT2D eigenvalue weighted by molar-refractivity contribution is 0.414. The molecule has 2 aromatic carbocycles. The van der Waals surface area contributed by atoms with E-state index in [-0.39, 0.29) is 5.41 Å². The molecule has 21 heavy (non-hydrogen) atoms. The van der Waals surface area contributed by atoms with E-state index in [0.717, 1.165) is 5.75 Å². The van der Waals surface area contributed by atoms with Crippen molar-refractivity contribution in [2.75, 3.05) is 7.11 Å². The number of methoxy groups -OCH3 is 1. The van der Waals surface area contributed by atoms with Crippen molar-refractivity contribution in [1.82, 2.24) is 0 Å². The SMILES string of the molecule is COc1ccc(C2(c3ccccc3)C=C3CC(=C2)C3)cc1. The predicted octanol–water partition coefficient (Wildman–Crippen LogP) is 4.64. The van der Waals surface area contributed by atoms with E-state index >= 15 is 0 Å². The highest BCUT2D eigenvalue weighted by Crippen LogP contribution is 2.48. The summed E-state index contributed by atoms with van der Waals surface area (Å²) in [6, 6.07) is 19.3. The number of ether oxygens (including phenoxy) is 1. The number of fused-ring (bicyclic) bond motifs is 2. The fraction of sp³-hybridized carbons (Fsp3) is 0.200. The third kappa shape index (κ3) is 1.92. The van der Waals surface area contributed by atoms with E-state index in [9.17, 15) is 0 Å². The van der Waals surface area contributed by atoms with Crippen LogP contribution in [0.5, 0.6) is 5.75 Å². The average Bonchev–Trinajstić information content (AvgIpc) is 2.55. The van der Waals surface area contributed by atoms with E-state index in [0.29, 0.717) is 0 Å². The second-order valence-electron chi connectivity index (χ2n) is 5.92. The average molecular weight is 274 g/mol. The lowest BCUT2D eigenvalue weighted by Crippen LogP contribution is -2.30. The molecule has 1 fully saturated rings. The first-order chi connectivity index (χ1) is 10.3. The lowest BCUT2D eigenvalue weighted by Gasteiger charge is -2.40. The van der Waals surface area contributed by atoms with Gasteiger partial charge in [-0.05, 0) is 36.1 Å². The molecule has 0 aromatic heterocycles. The van der Waals surface area contributed by atoms with E-state index in [1.165, 1.54) is 24.0 Å². The van der Waals surface area contributed by atoms with Gasteiger partial charge in [-0.2, -0.15) is 0 Å². The fourth-order valence-electron chi connectivity index (χ4n) is 3.50. The zero-order chi connectivity index (χ0) is 14.3.